The molecular weight excluding hydrogens is 837 g/mol. The van der Waals surface area contributed by atoms with Crippen molar-refractivity contribution in [3.05, 3.63) is 155 Å². The van der Waals surface area contributed by atoms with Crippen molar-refractivity contribution in [2.75, 3.05) is 13.1 Å². The fourth-order valence-electron chi connectivity index (χ4n) is 9.24. The minimum atomic E-state index is -0.762. The number of nitrogens with one attached hydrogen (secondary N) is 4. The lowest BCUT2D eigenvalue weighted by Gasteiger charge is -2.28. The molecule has 334 valence electrons. The van der Waals surface area contributed by atoms with Crippen LogP contribution in [0.1, 0.15) is 127 Å². The molecule has 2 saturated heterocycles. The van der Waals surface area contributed by atoms with Gasteiger partial charge in [0.05, 0.1) is 24.5 Å². The highest BCUT2D eigenvalue weighted by molar-refractivity contribution is 5.93. The van der Waals surface area contributed by atoms with Gasteiger partial charge in [0.15, 0.2) is 0 Å². The summed E-state index contributed by atoms with van der Waals surface area (Å²) in [5.41, 5.74) is 4.41. The van der Waals surface area contributed by atoms with Gasteiger partial charge in [-0.3, -0.25) is 19.2 Å². The zero-order valence-corrected chi connectivity index (χ0v) is 37.1. The van der Waals surface area contributed by atoms with Crippen LogP contribution in [-0.4, -0.2) is 66.5 Å². The van der Waals surface area contributed by atoms with Crippen molar-refractivity contribution in [1.29, 1.82) is 0 Å². The second-order valence-corrected chi connectivity index (χ2v) is 17.9. The zero-order valence-electron chi connectivity index (χ0n) is 37.1. The molecule has 4 heterocycles. The highest BCUT2D eigenvalue weighted by Gasteiger charge is 2.40. The van der Waals surface area contributed by atoms with Gasteiger partial charge in [-0.2, -0.15) is 0 Å². The molecule has 10 rings (SSSR count). The van der Waals surface area contributed by atoms with Gasteiger partial charge >= 0.3 is 0 Å². The van der Waals surface area contributed by atoms with E-state index in [9.17, 15) is 19.2 Å². The number of amides is 4. The van der Waals surface area contributed by atoms with Gasteiger partial charge in [0.2, 0.25) is 23.6 Å². The maximum Gasteiger partial charge on any atom is 0.250 e. The van der Waals surface area contributed by atoms with Crippen LogP contribution in [-0.2, 0) is 19.2 Å². The number of carbonyl (C=O) groups excluding carboxylic acids is 4. The van der Waals surface area contributed by atoms with Crippen molar-refractivity contribution in [1.82, 2.24) is 40.4 Å². The van der Waals surface area contributed by atoms with Gasteiger partial charge in [0, 0.05) is 36.6 Å². The Morgan fingerprint density at radius 3 is 1.66 bits per heavy atom. The van der Waals surface area contributed by atoms with E-state index in [1.54, 1.807) is 12.4 Å². The van der Waals surface area contributed by atoms with Crippen molar-refractivity contribution >= 4 is 34.4 Å². The predicted octanol–water partition coefficient (Wildman–Crippen LogP) is 7.34. The average Bonchev–Trinajstić information content (AvgIpc) is 4.07. The Labute approximate surface area is 389 Å². The molecule has 4 N–H and O–H groups in total. The van der Waals surface area contributed by atoms with Crippen LogP contribution in [0.25, 0.3) is 10.8 Å². The molecule has 4 aliphatic rings. The molecule has 0 radical (unpaired) electrons. The summed E-state index contributed by atoms with van der Waals surface area (Å²) in [6.07, 6.45) is 10.8. The molecule has 0 spiro atoms. The number of rotatable bonds is 11. The third-order valence-electron chi connectivity index (χ3n) is 13.1. The molecule has 2 saturated carbocycles. The first-order valence-electron chi connectivity index (χ1n) is 23.3. The van der Waals surface area contributed by atoms with Gasteiger partial charge in [0.25, 0.3) is 0 Å². The van der Waals surface area contributed by atoms with Crippen LogP contribution in [0.4, 0.5) is 0 Å². The smallest absolute Gasteiger partial charge is 0.250 e. The van der Waals surface area contributed by atoms with Crippen LogP contribution in [0.3, 0.4) is 0 Å². The number of fused-ring (bicyclic) bond motifs is 1. The lowest BCUT2D eigenvalue weighted by Crippen LogP contribution is -2.43. The number of nitrogens with zero attached hydrogens (tertiary/aromatic N) is 4. The second-order valence-electron chi connectivity index (χ2n) is 17.9. The summed E-state index contributed by atoms with van der Waals surface area (Å²) >= 11 is 0. The summed E-state index contributed by atoms with van der Waals surface area (Å²) in [6.45, 7) is 1.15. The van der Waals surface area contributed by atoms with E-state index < -0.39 is 12.1 Å². The summed E-state index contributed by atoms with van der Waals surface area (Å²) in [6, 6.07) is 28.7. The van der Waals surface area contributed by atoms with E-state index in [4.69, 9.17) is 0 Å². The summed E-state index contributed by atoms with van der Waals surface area (Å²) in [5.74, 6) is 20.1. The number of aromatic nitrogens is 4. The molecule has 2 aromatic heterocycles. The molecule has 4 atom stereocenters. The number of likely N-dealkylation sites (tertiary alicyclic amines) is 2. The molecule has 4 amide bonds. The largest absolute Gasteiger partial charge is 0.341 e. The maximum atomic E-state index is 14.1. The molecule has 12 nitrogen and oxygen atoms in total. The van der Waals surface area contributed by atoms with Crippen LogP contribution in [0.5, 0.6) is 0 Å². The molecule has 4 fully saturated rings. The molecular formula is C55H50N8O4. The molecule has 4 aromatic carbocycles. The predicted molar refractivity (Wildman–Crippen MR) is 253 cm³/mol. The maximum absolute atomic E-state index is 14.1. The Kier molecular flexibility index (Phi) is 12.4. The van der Waals surface area contributed by atoms with E-state index in [1.807, 2.05) is 107 Å². The van der Waals surface area contributed by atoms with Crippen molar-refractivity contribution in [3.8, 4) is 35.5 Å². The first kappa shape index (κ1) is 43.0. The molecule has 6 aromatic rings. The van der Waals surface area contributed by atoms with Gasteiger partial charge < -0.3 is 30.4 Å². The number of imidazole rings is 2. The van der Waals surface area contributed by atoms with Gasteiger partial charge in [-0.05, 0) is 115 Å². The van der Waals surface area contributed by atoms with E-state index in [1.165, 1.54) is 0 Å². The Morgan fingerprint density at radius 1 is 0.582 bits per heavy atom. The lowest BCUT2D eigenvalue weighted by molar-refractivity contribution is -0.138. The van der Waals surface area contributed by atoms with Gasteiger partial charge in [-0.15, -0.1) is 0 Å². The third-order valence-corrected chi connectivity index (χ3v) is 13.1. The SMILES string of the molecule is O=C(CC1CC1)N[C@@H](C(=O)N1CCC[C@@H]1c1ncc(C#Cc2cccc3c(C#CC#Cc4cnc([C@H]5CCCN5C(=O)[C@H](NC(=O)C5CC5)c5ccccc5)[nH]4)cccc23)[nH]1)c1ccccc1. The molecule has 67 heavy (non-hydrogen) atoms. The van der Waals surface area contributed by atoms with Crippen molar-refractivity contribution in [3.63, 3.8) is 0 Å². The summed E-state index contributed by atoms with van der Waals surface area (Å²) in [7, 11) is 0. The van der Waals surface area contributed by atoms with E-state index in [0.717, 1.165) is 84.4 Å². The number of carbonyl (C=O) groups is 4. The molecule has 0 unspecified atom stereocenters. The number of hydrogen-bond acceptors (Lipinski definition) is 6. The number of benzene rings is 4. The van der Waals surface area contributed by atoms with Crippen LogP contribution >= 0.6 is 0 Å². The van der Waals surface area contributed by atoms with Gasteiger partial charge in [-0.1, -0.05) is 96.8 Å². The number of H-pyrrole nitrogens is 2. The Balaban J connectivity index is 0.809. The molecule has 0 bridgehead atoms. The van der Waals surface area contributed by atoms with Crippen LogP contribution < -0.4 is 10.6 Å². The normalized spacial score (nSPS) is 18.4. The Hall–Kier alpha value is -7.88. The molecule has 2 aliphatic carbocycles. The topological polar surface area (TPSA) is 156 Å². The van der Waals surface area contributed by atoms with Crippen LogP contribution in [0.2, 0.25) is 0 Å². The van der Waals surface area contributed by atoms with Crippen LogP contribution in [0.15, 0.2) is 109 Å². The van der Waals surface area contributed by atoms with Crippen molar-refractivity contribution < 1.29 is 19.2 Å². The monoisotopic (exact) mass is 886 g/mol. The lowest BCUT2D eigenvalue weighted by atomic mass is 10.0. The van der Waals surface area contributed by atoms with Gasteiger partial charge in [-0.25, -0.2) is 9.97 Å². The fourth-order valence-corrected chi connectivity index (χ4v) is 9.24. The summed E-state index contributed by atoms with van der Waals surface area (Å²) in [4.78, 5) is 73.6. The third kappa shape index (κ3) is 9.88. The van der Waals surface area contributed by atoms with E-state index >= 15 is 0 Å². The average molecular weight is 887 g/mol. The van der Waals surface area contributed by atoms with E-state index in [0.29, 0.717) is 48.5 Å². The minimum absolute atomic E-state index is 0.0148. The molecule has 2 aliphatic heterocycles. The zero-order chi connectivity index (χ0) is 45.7. The second kappa shape index (κ2) is 19.3. The number of hydrogen-bond donors (Lipinski definition) is 4. The highest BCUT2D eigenvalue weighted by atomic mass is 16.2. The summed E-state index contributed by atoms with van der Waals surface area (Å²) in [5, 5.41) is 7.97. The van der Waals surface area contributed by atoms with Crippen LogP contribution in [0, 0.1) is 47.4 Å². The molecule has 12 heteroatoms. The quantitative estimate of drug-likeness (QED) is 0.0999. The standard InChI is InChI=1S/C55H50N8O4/c64-48(33-36-25-26-36)60-49(39-14-3-1-4-15-39)54(66)62-31-11-24-47(62)52-57-35-43(59-52)30-29-38-19-10-21-44-37(18-9-22-45(38)44)13-7-8-20-42-34-56-51(58-42)46-23-12-32-63(46)55(67)50(40-16-5-2-6-17-40)61-53(65)41-27-28-41/h1-6,9-10,14-19,21-22,34-36,41,46-47,49-50H,11-12,23-28,31-33H2,(H,56,58)(H,57,59)(H,60,64)(H,61,65)/t46-,47-,49-,50-/m1/s1. The van der Waals surface area contributed by atoms with E-state index in [-0.39, 0.29) is 41.6 Å². The Bertz CT molecular complexity index is 3030. The first-order chi connectivity index (χ1) is 32.9. The fraction of sp³-hybridized carbons (Fsp3) is 0.309. The summed E-state index contributed by atoms with van der Waals surface area (Å²) < 4.78 is 0. The minimum Gasteiger partial charge on any atom is -0.341 e. The van der Waals surface area contributed by atoms with Crippen molar-refractivity contribution in [2.24, 2.45) is 11.8 Å². The first-order valence-corrected chi connectivity index (χ1v) is 23.3. The van der Waals surface area contributed by atoms with E-state index in [2.05, 4.69) is 66.1 Å². The van der Waals surface area contributed by atoms with Crippen molar-refractivity contribution in [2.45, 2.75) is 82.0 Å². The Morgan fingerprint density at radius 2 is 1.10 bits per heavy atom. The number of aromatic amines is 2. The highest BCUT2D eigenvalue weighted by Crippen LogP contribution is 2.36. The van der Waals surface area contributed by atoms with Gasteiger partial charge in [0.1, 0.15) is 35.1 Å².